The van der Waals surface area contributed by atoms with E-state index in [1.165, 1.54) is 11.9 Å². The van der Waals surface area contributed by atoms with Crippen molar-refractivity contribution in [1.29, 1.82) is 0 Å². The summed E-state index contributed by atoms with van der Waals surface area (Å²) in [7, 11) is 0. The van der Waals surface area contributed by atoms with Crippen molar-refractivity contribution in [3.05, 3.63) is 63.8 Å². The number of aromatic amines is 2. The summed E-state index contributed by atoms with van der Waals surface area (Å²) in [5.74, 6) is 1.68. The predicted molar refractivity (Wildman–Crippen MR) is 119 cm³/mol. The lowest BCUT2D eigenvalue weighted by molar-refractivity contribution is 0.171. The van der Waals surface area contributed by atoms with Gasteiger partial charge in [0.15, 0.2) is 11.5 Å². The third-order valence-electron chi connectivity index (χ3n) is 6.40. The molecule has 0 unspecified atom stereocenters. The minimum atomic E-state index is -0.624. The SMILES string of the molecule is CC1(C)Oc2ncnc(N)c2N=C1c1ccc(C2CCC(c3cc(=O)[nH][nH]3)CC2)cc1. The van der Waals surface area contributed by atoms with E-state index in [0.717, 1.165) is 42.7 Å². The molecule has 0 atom stereocenters. The molecule has 3 heterocycles. The lowest BCUT2D eigenvalue weighted by Gasteiger charge is -2.32. The number of H-pyrrole nitrogens is 2. The van der Waals surface area contributed by atoms with Crippen LogP contribution in [0.4, 0.5) is 11.5 Å². The Morgan fingerprint density at radius 3 is 2.42 bits per heavy atom. The quantitative estimate of drug-likeness (QED) is 0.597. The van der Waals surface area contributed by atoms with Crippen molar-refractivity contribution in [2.75, 3.05) is 5.73 Å². The van der Waals surface area contributed by atoms with E-state index in [4.69, 9.17) is 15.5 Å². The van der Waals surface area contributed by atoms with Crippen LogP contribution in [0.3, 0.4) is 0 Å². The van der Waals surface area contributed by atoms with Crippen molar-refractivity contribution in [1.82, 2.24) is 20.2 Å². The molecule has 8 nitrogen and oxygen atoms in total. The number of nitrogens with one attached hydrogen (secondary N) is 2. The summed E-state index contributed by atoms with van der Waals surface area (Å²) < 4.78 is 6.08. The number of nitrogens with zero attached hydrogens (tertiary/aromatic N) is 3. The third kappa shape index (κ3) is 3.62. The number of fused-ring (bicyclic) bond motifs is 1. The standard InChI is InChI=1S/C23H26N6O2/c1-23(2)20(27-19-21(24)25-12-26-22(19)31-23)16-9-5-14(6-10-16)13-3-7-15(8-4-13)17-11-18(30)29-28-17/h5-6,9-13,15H,3-4,7-8H2,1-2H3,(H2,24,25,26)(H2,28,29,30). The molecule has 4 N–H and O–H groups in total. The third-order valence-corrected chi connectivity index (χ3v) is 6.40. The lowest BCUT2D eigenvalue weighted by Crippen LogP contribution is -2.41. The van der Waals surface area contributed by atoms with Crippen molar-refractivity contribution in [3.63, 3.8) is 0 Å². The van der Waals surface area contributed by atoms with Gasteiger partial charge in [0.25, 0.3) is 5.56 Å². The molecule has 5 rings (SSSR count). The van der Waals surface area contributed by atoms with Gasteiger partial charge in [0, 0.05) is 23.2 Å². The largest absolute Gasteiger partial charge is 0.463 e. The van der Waals surface area contributed by atoms with Crippen LogP contribution in [0.1, 0.15) is 68.2 Å². The van der Waals surface area contributed by atoms with Crippen LogP contribution in [0, 0.1) is 0 Å². The zero-order valence-corrected chi connectivity index (χ0v) is 17.7. The average Bonchev–Trinajstić information content (AvgIpc) is 3.20. The van der Waals surface area contributed by atoms with Gasteiger partial charge in [0.2, 0.25) is 5.88 Å². The topological polar surface area (TPSA) is 122 Å². The number of aliphatic imine (C=N–C) groups is 1. The van der Waals surface area contributed by atoms with Gasteiger partial charge in [-0.25, -0.2) is 9.98 Å². The van der Waals surface area contributed by atoms with E-state index in [1.54, 1.807) is 6.07 Å². The van der Waals surface area contributed by atoms with Gasteiger partial charge in [-0.2, -0.15) is 4.98 Å². The maximum Gasteiger partial charge on any atom is 0.264 e. The molecule has 0 spiro atoms. The maximum absolute atomic E-state index is 11.4. The summed E-state index contributed by atoms with van der Waals surface area (Å²) in [5, 5.41) is 5.66. The Bertz CT molecular complexity index is 1180. The molecule has 160 valence electrons. The molecule has 0 saturated heterocycles. The number of nitrogen functional groups attached to an aromatic ring is 1. The Balaban J connectivity index is 1.35. The second-order valence-electron chi connectivity index (χ2n) is 8.87. The number of aromatic nitrogens is 4. The highest BCUT2D eigenvalue weighted by molar-refractivity contribution is 6.09. The predicted octanol–water partition coefficient (Wildman–Crippen LogP) is 3.81. The molecule has 1 saturated carbocycles. The Labute approximate surface area is 180 Å². The van der Waals surface area contributed by atoms with Gasteiger partial charge in [-0.1, -0.05) is 24.3 Å². The van der Waals surface area contributed by atoms with Gasteiger partial charge >= 0.3 is 0 Å². The molecule has 1 fully saturated rings. The van der Waals surface area contributed by atoms with Crippen LogP contribution in [0.25, 0.3) is 0 Å². The molecule has 2 aliphatic rings. The van der Waals surface area contributed by atoms with Gasteiger partial charge < -0.3 is 15.6 Å². The number of benzene rings is 1. The van der Waals surface area contributed by atoms with Gasteiger partial charge in [0.1, 0.15) is 11.9 Å². The highest BCUT2D eigenvalue weighted by Crippen LogP contribution is 2.41. The van der Waals surface area contributed by atoms with E-state index in [0.29, 0.717) is 29.2 Å². The summed E-state index contributed by atoms with van der Waals surface area (Å²) in [6, 6.07) is 10.3. The second-order valence-corrected chi connectivity index (χ2v) is 8.87. The molecule has 8 heteroatoms. The summed E-state index contributed by atoms with van der Waals surface area (Å²) in [5.41, 5.74) is 9.97. The minimum absolute atomic E-state index is 0.0545. The van der Waals surface area contributed by atoms with E-state index in [-0.39, 0.29) is 5.56 Å². The highest BCUT2D eigenvalue weighted by atomic mass is 16.5. The molecule has 0 bridgehead atoms. The van der Waals surface area contributed by atoms with Crippen molar-refractivity contribution >= 4 is 17.2 Å². The lowest BCUT2D eigenvalue weighted by atomic mass is 9.77. The van der Waals surface area contributed by atoms with Crippen molar-refractivity contribution in [2.45, 2.75) is 57.0 Å². The molecule has 2 aromatic heterocycles. The minimum Gasteiger partial charge on any atom is -0.463 e. The first kappa shape index (κ1) is 19.5. The fourth-order valence-electron chi connectivity index (χ4n) is 4.72. The summed E-state index contributed by atoms with van der Waals surface area (Å²) in [6.07, 6.45) is 5.75. The van der Waals surface area contributed by atoms with Crippen molar-refractivity contribution in [3.8, 4) is 5.88 Å². The van der Waals surface area contributed by atoms with Crippen molar-refractivity contribution in [2.24, 2.45) is 4.99 Å². The molecule has 31 heavy (non-hydrogen) atoms. The molecule has 3 aromatic rings. The van der Waals surface area contributed by atoms with Crippen LogP contribution in [0.15, 0.2) is 46.4 Å². The Kier molecular flexibility index (Phi) is 4.64. The number of nitrogens with two attached hydrogens (primary N) is 1. The Hall–Kier alpha value is -3.42. The Morgan fingerprint density at radius 1 is 1.03 bits per heavy atom. The van der Waals surface area contributed by atoms with Crippen LogP contribution in [0.5, 0.6) is 5.88 Å². The molecule has 1 aromatic carbocycles. The normalized spacial score (nSPS) is 22.3. The zero-order valence-electron chi connectivity index (χ0n) is 17.7. The average molecular weight is 419 g/mol. The van der Waals surface area contributed by atoms with Crippen LogP contribution < -0.4 is 16.0 Å². The first-order valence-corrected chi connectivity index (χ1v) is 10.7. The van der Waals surface area contributed by atoms with Gasteiger partial charge in [-0.05, 0) is 51.0 Å². The maximum atomic E-state index is 11.4. The smallest absolute Gasteiger partial charge is 0.264 e. The summed E-state index contributed by atoms with van der Waals surface area (Å²) in [6.45, 7) is 3.96. The highest BCUT2D eigenvalue weighted by Gasteiger charge is 2.35. The zero-order chi connectivity index (χ0) is 21.6. The molecular formula is C23H26N6O2. The molecule has 0 amide bonds. The molecule has 0 radical (unpaired) electrons. The van der Waals surface area contributed by atoms with Crippen LogP contribution in [-0.4, -0.2) is 31.5 Å². The second kappa shape index (κ2) is 7.37. The number of anilines is 1. The fraction of sp³-hybridized carbons (Fsp3) is 0.391. The molecular weight excluding hydrogens is 392 g/mol. The fourth-order valence-corrected chi connectivity index (χ4v) is 4.72. The van der Waals surface area contributed by atoms with Crippen LogP contribution in [-0.2, 0) is 0 Å². The van der Waals surface area contributed by atoms with Crippen molar-refractivity contribution < 1.29 is 4.74 Å². The monoisotopic (exact) mass is 418 g/mol. The number of hydrogen-bond donors (Lipinski definition) is 3. The van der Waals surface area contributed by atoms with E-state index in [9.17, 15) is 4.79 Å². The van der Waals surface area contributed by atoms with Gasteiger partial charge in [0.05, 0.1) is 5.71 Å². The molecule has 1 aliphatic heterocycles. The number of rotatable bonds is 3. The summed E-state index contributed by atoms with van der Waals surface area (Å²) >= 11 is 0. The van der Waals surface area contributed by atoms with E-state index in [2.05, 4.69) is 44.4 Å². The summed E-state index contributed by atoms with van der Waals surface area (Å²) in [4.78, 5) is 24.4. The molecule has 1 aliphatic carbocycles. The van der Waals surface area contributed by atoms with Gasteiger partial charge in [-0.3, -0.25) is 9.89 Å². The number of hydrogen-bond acceptors (Lipinski definition) is 6. The van der Waals surface area contributed by atoms with Gasteiger partial charge in [-0.15, -0.1) is 0 Å². The van der Waals surface area contributed by atoms with Crippen LogP contribution >= 0.6 is 0 Å². The first-order valence-electron chi connectivity index (χ1n) is 10.7. The first-order chi connectivity index (χ1) is 14.9. The van der Waals surface area contributed by atoms with E-state index < -0.39 is 5.60 Å². The van der Waals surface area contributed by atoms with E-state index in [1.807, 2.05) is 13.8 Å². The van der Waals surface area contributed by atoms with E-state index >= 15 is 0 Å². The van der Waals surface area contributed by atoms with Crippen LogP contribution in [0.2, 0.25) is 0 Å². The Morgan fingerprint density at radius 2 is 1.74 bits per heavy atom. The number of ether oxygens (including phenoxy) is 1.